The van der Waals surface area contributed by atoms with Crippen molar-refractivity contribution in [2.75, 3.05) is 5.75 Å². The lowest BCUT2D eigenvalue weighted by Gasteiger charge is -2.07. The lowest BCUT2D eigenvalue weighted by atomic mass is 10.1. The molecule has 1 heterocycles. The van der Waals surface area contributed by atoms with Crippen LogP contribution in [0.5, 0.6) is 0 Å². The van der Waals surface area contributed by atoms with Gasteiger partial charge in [-0.3, -0.25) is 9.36 Å². The van der Waals surface area contributed by atoms with Gasteiger partial charge in [-0.1, -0.05) is 17.8 Å². The maximum absolute atomic E-state index is 13.0. The molecule has 0 saturated heterocycles. The zero-order valence-corrected chi connectivity index (χ0v) is 12.1. The zero-order chi connectivity index (χ0) is 15.4. The number of carbonyl (C=O) groups is 1. The van der Waals surface area contributed by atoms with E-state index in [0.29, 0.717) is 18.1 Å². The van der Waals surface area contributed by atoms with Crippen molar-refractivity contribution in [3.63, 3.8) is 0 Å². The summed E-state index contributed by atoms with van der Waals surface area (Å²) >= 11 is 0.979. The Morgan fingerprint density at radius 3 is 2.95 bits per heavy atom. The number of carboxylic acids is 1. The molecule has 0 radical (unpaired) electrons. The van der Waals surface area contributed by atoms with Crippen LogP contribution in [0.1, 0.15) is 11.1 Å². The Hall–Kier alpha value is -2.09. The largest absolute Gasteiger partial charge is 0.481 e. The molecule has 1 aromatic carbocycles. The molecule has 0 aliphatic rings. The number of hydrogen-bond donors (Lipinski definition) is 2. The number of thioether (sulfide) groups is 1. The first-order valence-electron chi connectivity index (χ1n) is 6.22. The van der Waals surface area contributed by atoms with Crippen LogP contribution in [0.2, 0.25) is 0 Å². The van der Waals surface area contributed by atoms with Crippen LogP contribution in [0, 0.1) is 12.7 Å². The quantitative estimate of drug-likeness (QED) is 0.788. The Balaban J connectivity index is 2.10. The summed E-state index contributed by atoms with van der Waals surface area (Å²) in [6.45, 7) is 2.15. The molecule has 0 spiro atoms. The van der Waals surface area contributed by atoms with E-state index in [1.54, 1.807) is 13.0 Å². The monoisotopic (exact) mass is 311 g/mol. The molecule has 6 nitrogen and oxygen atoms in total. The van der Waals surface area contributed by atoms with Crippen molar-refractivity contribution in [2.24, 2.45) is 0 Å². The Kier molecular flexibility index (Phi) is 4.79. The minimum atomic E-state index is -0.976. The first-order valence-corrected chi connectivity index (χ1v) is 7.21. The SMILES string of the molecule is Cc1cc(F)ccc1CCn1c(SCC(=O)O)n[nH]c1=O. The van der Waals surface area contributed by atoms with Gasteiger partial charge in [-0.25, -0.2) is 14.3 Å². The molecule has 0 unspecified atom stereocenters. The third-order valence-electron chi connectivity index (χ3n) is 2.96. The van der Waals surface area contributed by atoms with E-state index in [4.69, 9.17) is 5.11 Å². The summed E-state index contributed by atoms with van der Waals surface area (Å²) in [4.78, 5) is 22.2. The number of rotatable bonds is 6. The van der Waals surface area contributed by atoms with E-state index in [2.05, 4.69) is 10.2 Å². The van der Waals surface area contributed by atoms with Gasteiger partial charge in [0.15, 0.2) is 5.16 Å². The van der Waals surface area contributed by atoms with E-state index in [1.165, 1.54) is 16.7 Å². The summed E-state index contributed by atoms with van der Waals surface area (Å²) in [6, 6.07) is 4.49. The number of aliphatic carboxylic acids is 1. The lowest BCUT2D eigenvalue weighted by Crippen LogP contribution is -2.19. The van der Waals surface area contributed by atoms with Crippen LogP contribution in [-0.2, 0) is 17.8 Å². The standard InChI is InChI=1S/C13H14FN3O3S/c1-8-6-10(14)3-2-9(8)4-5-17-12(20)15-16-13(17)21-7-11(18)19/h2-3,6H,4-5,7H2,1H3,(H,15,20)(H,18,19). The molecule has 0 aliphatic heterocycles. The minimum absolute atomic E-state index is 0.167. The maximum atomic E-state index is 13.0. The van der Waals surface area contributed by atoms with Crippen LogP contribution in [0.25, 0.3) is 0 Å². The van der Waals surface area contributed by atoms with Crippen molar-refractivity contribution in [3.8, 4) is 0 Å². The molecular weight excluding hydrogens is 297 g/mol. The molecule has 2 rings (SSSR count). The van der Waals surface area contributed by atoms with E-state index in [9.17, 15) is 14.0 Å². The molecular formula is C13H14FN3O3S. The van der Waals surface area contributed by atoms with Gasteiger partial charge >= 0.3 is 11.7 Å². The summed E-state index contributed by atoms with van der Waals surface area (Å²) < 4.78 is 14.4. The zero-order valence-electron chi connectivity index (χ0n) is 11.3. The summed E-state index contributed by atoms with van der Waals surface area (Å²) in [6.07, 6.45) is 0.534. The van der Waals surface area contributed by atoms with Crippen molar-refractivity contribution < 1.29 is 14.3 Å². The third-order valence-corrected chi connectivity index (χ3v) is 3.92. The highest BCUT2D eigenvalue weighted by Gasteiger charge is 2.11. The fourth-order valence-electron chi connectivity index (χ4n) is 1.91. The number of aromatic amines is 1. The average Bonchev–Trinajstić information content (AvgIpc) is 2.76. The minimum Gasteiger partial charge on any atom is -0.481 e. The fraction of sp³-hybridized carbons (Fsp3) is 0.308. The number of hydrogen-bond acceptors (Lipinski definition) is 4. The Labute approximate surface area is 124 Å². The van der Waals surface area contributed by atoms with Crippen LogP contribution in [0.4, 0.5) is 4.39 Å². The number of aromatic nitrogens is 3. The number of H-pyrrole nitrogens is 1. The normalized spacial score (nSPS) is 10.8. The van der Waals surface area contributed by atoms with Crippen molar-refractivity contribution in [1.82, 2.24) is 14.8 Å². The third kappa shape index (κ3) is 3.94. The van der Waals surface area contributed by atoms with Gasteiger partial charge in [0, 0.05) is 6.54 Å². The van der Waals surface area contributed by atoms with Crippen LogP contribution in [-0.4, -0.2) is 31.6 Å². The van der Waals surface area contributed by atoms with Gasteiger partial charge in [0.2, 0.25) is 0 Å². The molecule has 8 heteroatoms. The highest BCUT2D eigenvalue weighted by molar-refractivity contribution is 7.99. The molecule has 0 saturated carbocycles. The highest BCUT2D eigenvalue weighted by Crippen LogP contribution is 2.15. The second-order valence-electron chi connectivity index (χ2n) is 4.47. The molecule has 2 N–H and O–H groups in total. The predicted molar refractivity (Wildman–Crippen MR) is 76.0 cm³/mol. The van der Waals surface area contributed by atoms with E-state index in [1.807, 2.05) is 0 Å². The van der Waals surface area contributed by atoms with E-state index in [0.717, 1.165) is 22.9 Å². The summed E-state index contributed by atoms with van der Waals surface area (Å²) in [5.41, 5.74) is 1.35. The number of benzene rings is 1. The molecule has 0 fully saturated rings. The van der Waals surface area contributed by atoms with Gasteiger partial charge in [0.25, 0.3) is 0 Å². The summed E-state index contributed by atoms with van der Waals surface area (Å²) in [7, 11) is 0. The van der Waals surface area contributed by atoms with Gasteiger partial charge in [0.05, 0.1) is 5.75 Å². The van der Waals surface area contributed by atoms with Crippen molar-refractivity contribution in [3.05, 3.63) is 45.6 Å². The van der Waals surface area contributed by atoms with Crippen molar-refractivity contribution in [1.29, 1.82) is 0 Å². The molecule has 1 aromatic heterocycles. The molecule has 0 atom stereocenters. The highest BCUT2D eigenvalue weighted by atomic mass is 32.2. The van der Waals surface area contributed by atoms with E-state index < -0.39 is 5.97 Å². The van der Waals surface area contributed by atoms with Crippen LogP contribution < -0.4 is 5.69 Å². The number of aryl methyl sites for hydroxylation is 2. The Morgan fingerprint density at radius 2 is 2.29 bits per heavy atom. The molecule has 0 amide bonds. The average molecular weight is 311 g/mol. The summed E-state index contributed by atoms with van der Waals surface area (Å²) in [5.74, 6) is -1.44. The van der Waals surface area contributed by atoms with Crippen LogP contribution in [0.3, 0.4) is 0 Å². The van der Waals surface area contributed by atoms with E-state index in [-0.39, 0.29) is 17.3 Å². The van der Waals surface area contributed by atoms with Gasteiger partial charge < -0.3 is 5.11 Å². The number of halogens is 1. The second-order valence-corrected chi connectivity index (χ2v) is 5.41. The summed E-state index contributed by atoms with van der Waals surface area (Å²) in [5, 5.41) is 15.1. The molecule has 21 heavy (non-hydrogen) atoms. The predicted octanol–water partition coefficient (Wildman–Crippen LogP) is 1.44. The number of nitrogens with one attached hydrogen (secondary N) is 1. The van der Waals surface area contributed by atoms with Crippen molar-refractivity contribution >= 4 is 17.7 Å². The smallest absolute Gasteiger partial charge is 0.343 e. The van der Waals surface area contributed by atoms with Gasteiger partial charge in [-0.15, -0.1) is 5.10 Å². The lowest BCUT2D eigenvalue weighted by molar-refractivity contribution is -0.133. The number of nitrogens with zero attached hydrogens (tertiary/aromatic N) is 2. The first kappa shape index (κ1) is 15.3. The van der Waals surface area contributed by atoms with Crippen molar-refractivity contribution in [2.45, 2.75) is 25.0 Å². The Bertz CT molecular complexity index is 711. The van der Waals surface area contributed by atoms with Crippen LogP contribution >= 0.6 is 11.8 Å². The fourth-order valence-corrected chi connectivity index (χ4v) is 2.60. The number of carboxylic acid groups (broad SMARTS) is 1. The Morgan fingerprint density at radius 1 is 1.52 bits per heavy atom. The first-order chi connectivity index (χ1) is 9.97. The van der Waals surface area contributed by atoms with Crippen LogP contribution in [0.15, 0.2) is 28.2 Å². The molecule has 0 bridgehead atoms. The molecule has 0 aliphatic carbocycles. The van der Waals surface area contributed by atoms with Gasteiger partial charge in [-0.05, 0) is 36.6 Å². The maximum Gasteiger partial charge on any atom is 0.343 e. The second kappa shape index (κ2) is 6.57. The van der Waals surface area contributed by atoms with Gasteiger partial charge in [0.1, 0.15) is 5.82 Å². The topological polar surface area (TPSA) is 88.0 Å². The molecule has 112 valence electrons. The molecule has 2 aromatic rings. The van der Waals surface area contributed by atoms with Gasteiger partial charge in [-0.2, -0.15) is 0 Å². The van der Waals surface area contributed by atoms with E-state index >= 15 is 0 Å².